The van der Waals surface area contributed by atoms with Gasteiger partial charge in [-0.15, -0.1) is 0 Å². The van der Waals surface area contributed by atoms with Crippen molar-refractivity contribution in [2.45, 2.75) is 20.8 Å². The van der Waals surface area contributed by atoms with Gasteiger partial charge in [0.1, 0.15) is 0 Å². The van der Waals surface area contributed by atoms with E-state index in [1.807, 2.05) is 26.8 Å². The fraction of sp³-hybridized carbons (Fsp3) is 0.429. The van der Waals surface area contributed by atoms with E-state index in [0.29, 0.717) is 24.3 Å². The maximum Gasteiger partial charge on any atom is 0.253 e. The number of likely N-dealkylation sites (N-methyl/N-ethyl adjacent to an activating group) is 1. The molecule has 1 aromatic rings. The van der Waals surface area contributed by atoms with E-state index in [1.165, 1.54) is 0 Å². The third kappa shape index (κ3) is 3.71. The molecule has 104 valence electrons. The van der Waals surface area contributed by atoms with Crippen molar-refractivity contribution in [3.8, 4) is 0 Å². The van der Waals surface area contributed by atoms with Crippen LogP contribution in [0.25, 0.3) is 0 Å². The number of benzene rings is 1. The largest absolute Gasteiger partial charge is 0.398 e. The van der Waals surface area contributed by atoms with Crippen LogP contribution in [0.1, 0.15) is 29.8 Å². The Hall–Kier alpha value is -2.04. The highest BCUT2D eigenvalue weighted by molar-refractivity contribution is 6.01. The van der Waals surface area contributed by atoms with Crippen LogP contribution in [0.15, 0.2) is 18.2 Å². The Morgan fingerprint density at radius 3 is 2.47 bits per heavy atom. The first-order valence-electron chi connectivity index (χ1n) is 6.42. The number of hydrogen-bond donors (Lipinski definition) is 2. The van der Waals surface area contributed by atoms with Gasteiger partial charge in [-0.1, -0.05) is 12.1 Å². The van der Waals surface area contributed by atoms with Gasteiger partial charge in [0.2, 0.25) is 5.91 Å². The highest BCUT2D eigenvalue weighted by Gasteiger charge is 2.14. The maximum absolute atomic E-state index is 12.0. The lowest BCUT2D eigenvalue weighted by Crippen LogP contribution is -2.40. The van der Waals surface area contributed by atoms with Crippen LogP contribution in [0.4, 0.5) is 5.69 Å². The number of nitrogen functional groups attached to an aromatic ring is 1. The molecule has 0 aliphatic rings. The molecule has 19 heavy (non-hydrogen) atoms. The second-order valence-corrected chi connectivity index (χ2v) is 4.28. The lowest BCUT2D eigenvalue weighted by molar-refractivity contribution is -0.129. The average Bonchev–Trinajstić information content (AvgIpc) is 2.40. The van der Waals surface area contributed by atoms with Crippen molar-refractivity contribution < 1.29 is 9.59 Å². The number of carbonyl (C=O) groups is 2. The molecule has 0 saturated carbocycles. The molecule has 0 heterocycles. The van der Waals surface area contributed by atoms with Crippen LogP contribution in [-0.4, -0.2) is 36.3 Å². The van der Waals surface area contributed by atoms with Crippen molar-refractivity contribution in [3.63, 3.8) is 0 Å². The van der Waals surface area contributed by atoms with Crippen LogP contribution < -0.4 is 11.1 Å². The zero-order valence-corrected chi connectivity index (χ0v) is 11.7. The summed E-state index contributed by atoms with van der Waals surface area (Å²) in [6.45, 7) is 6.92. The number of nitrogens with zero attached hydrogens (tertiary/aromatic N) is 1. The summed E-state index contributed by atoms with van der Waals surface area (Å²) >= 11 is 0. The normalized spacial score (nSPS) is 10.1. The highest BCUT2D eigenvalue weighted by Crippen LogP contribution is 2.15. The van der Waals surface area contributed by atoms with E-state index in [1.54, 1.807) is 17.0 Å². The first-order valence-corrected chi connectivity index (χ1v) is 6.42. The van der Waals surface area contributed by atoms with Crippen LogP contribution >= 0.6 is 0 Å². The molecule has 0 unspecified atom stereocenters. The van der Waals surface area contributed by atoms with Gasteiger partial charge in [0.05, 0.1) is 12.1 Å². The van der Waals surface area contributed by atoms with Gasteiger partial charge in [0.15, 0.2) is 0 Å². The summed E-state index contributed by atoms with van der Waals surface area (Å²) in [5.74, 6) is -0.411. The summed E-state index contributed by atoms with van der Waals surface area (Å²) in [5.41, 5.74) is 7.56. The molecule has 0 aliphatic carbocycles. The predicted molar refractivity (Wildman–Crippen MR) is 75.9 cm³/mol. The van der Waals surface area contributed by atoms with E-state index in [2.05, 4.69) is 5.32 Å². The predicted octanol–water partition coefficient (Wildman–Crippen LogP) is 1.18. The number of rotatable bonds is 5. The van der Waals surface area contributed by atoms with E-state index in [-0.39, 0.29) is 18.4 Å². The Morgan fingerprint density at radius 2 is 1.89 bits per heavy atom. The summed E-state index contributed by atoms with van der Waals surface area (Å²) in [5, 5.41) is 2.61. The Bertz CT molecular complexity index is 468. The molecule has 5 nitrogen and oxygen atoms in total. The first kappa shape index (κ1) is 15.0. The molecular formula is C14H21N3O2. The van der Waals surface area contributed by atoms with Gasteiger partial charge in [-0.3, -0.25) is 9.59 Å². The van der Waals surface area contributed by atoms with E-state index in [0.717, 1.165) is 5.56 Å². The number of para-hydroxylation sites is 1. The minimum absolute atomic E-state index is 0.00606. The van der Waals surface area contributed by atoms with E-state index in [4.69, 9.17) is 5.73 Å². The van der Waals surface area contributed by atoms with E-state index >= 15 is 0 Å². The van der Waals surface area contributed by atoms with Crippen LogP contribution in [-0.2, 0) is 4.79 Å². The number of carbonyl (C=O) groups excluding carboxylic acids is 2. The van der Waals surface area contributed by atoms with Gasteiger partial charge in [-0.25, -0.2) is 0 Å². The second-order valence-electron chi connectivity index (χ2n) is 4.28. The molecule has 0 saturated heterocycles. The average molecular weight is 263 g/mol. The van der Waals surface area contributed by atoms with Gasteiger partial charge in [-0.2, -0.15) is 0 Å². The van der Waals surface area contributed by atoms with Crippen molar-refractivity contribution in [2.24, 2.45) is 0 Å². The van der Waals surface area contributed by atoms with Crippen molar-refractivity contribution in [1.82, 2.24) is 10.2 Å². The van der Waals surface area contributed by atoms with Crippen molar-refractivity contribution in [2.75, 3.05) is 25.4 Å². The minimum Gasteiger partial charge on any atom is -0.398 e. The van der Waals surface area contributed by atoms with Gasteiger partial charge < -0.3 is 16.0 Å². The molecule has 0 atom stereocenters. The molecule has 0 bridgehead atoms. The Balaban J connectivity index is 2.66. The minimum atomic E-state index is -0.318. The molecule has 3 N–H and O–H groups in total. The summed E-state index contributed by atoms with van der Waals surface area (Å²) in [6.07, 6.45) is 0. The monoisotopic (exact) mass is 263 g/mol. The molecule has 5 heteroatoms. The molecule has 2 amide bonds. The number of hydrogen-bond acceptors (Lipinski definition) is 3. The van der Waals surface area contributed by atoms with Crippen LogP contribution in [0.3, 0.4) is 0 Å². The Morgan fingerprint density at radius 1 is 1.26 bits per heavy atom. The summed E-state index contributed by atoms with van der Waals surface area (Å²) in [6, 6.07) is 5.26. The number of amides is 2. The Labute approximate surface area is 113 Å². The Kier molecular flexibility index (Phi) is 5.36. The molecule has 0 fully saturated rings. The molecule has 1 rings (SSSR count). The van der Waals surface area contributed by atoms with Gasteiger partial charge in [-0.05, 0) is 32.4 Å². The zero-order chi connectivity index (χ0) is 14.4. The van der Waals surface area contributed by atoms with Gasteiger partial charge in [0.25, 0.3) is 5.91 Å². The van der Waals surface area contributed by atoms with Crippen LogP contribution in [0.5, 0.6) is 0 Å². The van der Waals surface area contributed by atoms with E-state index < -0.39 is 0 Å². The van der Waals surface area contributed by atoms with Gasteiger partial charge >= 0.3 is 0 Å². The first-order chi connectivity index (χ1) is 9.01. The van der Waals surface area contributed by atoms with Crippen LogP contribution in [0, 0.1) is 6.92 Å². The molecule has 1 aromatic carbocycles. The molecule has 0 radical (unpaired) electrons. The zero-order valence-electron chi connectivity index (χ0n) is 11.7. The highest BCUT2D eigenvalue weighted by atomic mass is 16.2. The van der Waals surface area contributed by atoms with Crippen molar-refractivity contribution in [1.29, 1.82) is 0 Å². The summed E-state index contributed by atoms with van der Waals surface area (Å²) in [4.78, 5) is 25.4. The summed E-state index contributed by atoms with van der Waals surface area (Å²) < 4.78 is 0. The van der Waals surface area contributed by atoms with Gasteiger partial charge in [0, 0.05) is 18.8 Å². The summed E-state index contributed by atoms with van der Waals surface area (Å²) in [7, 11) is 0. The standard InChI is InChI=1S/C14H21N3O2/c1-4-17(5-2)12(18)9-16-14(19)11-8-6-7-10(3)13(11)15/h6-8H,4-5,9,15H2,1-3H3,(H,16,19). The molecule has 0 aromatic heterocycles. The quantitative estimate of drug-likeness (QED) is 0.783. The lowest BCUT2D eigenvalue weighted by Gasteiger charge is -2.18. The number of aryl methyl sites for hydroxylation is 1. The topological polar surface area (TPSA) is 75.4 Å². The third-order valence-electron chi connectivity index (χ3n) is 3.09. The second kappa shape index (κ2) is 6.78. The van der Waals surface area contributed by atoms with E-state index in [9.17, 15) is 9.59 Å². The number of nitrogens with one attached hydrogen (secondary N) is 1. The molecule has 0 aliphatic heterocycles. The lowest BCUT2D eigenvalue weighted by atomic mass is 10.1. The SMILES string of the molecule is CCN(CC)C(=O)CNC(=O)c1cccc(C)c1N. The molecule has 0 spiro atoms. The third-order valence-corrected chi connectivity index (χ3v) is 3.09. The van der Waals surface area contributed by atoms with Crippen molar-refractivity contribution in [3.05, 3.63) is 29.3 Å². The van der Waals surface area contributed by atoms with Crippen molar-refractivity contribution >= 4 is 17.5 Å². The molecular weight excluding hydrogens is 242 g/mol. The van der Waals surface area contributed by atoms with Crippen LogP contribution in [0.2, 0.25) is 0 Å². The number of nitrogens with two attached hydrogens (primary N) is 1. The fourth-order valence-corrected chi connectivity index (χ4v) is 1.82. The smallest absolute Gasteiger partial charge is 0.253 e. The fourth-order valence-electron chi connectivity index (χ4n) is 1.82. The number of anilines is 1. The maximum atomic E-state index is 12.0.